The van der Waals surface area contributed by atoms with Crippen LogP contribution in [0.25, 0.3) is 97.3 Å². The number of benzene rings is 20. The van der Waals surface area contributed by atoms with Crippen LogP contribution in [0.5, 0.6) is 11.5 Å². The largest absolute Gasteiger partial charge is 0.507 e. The van der Waals surface area contributed by atoms with Gasteiger partial charge in [0.15, 0.2) is 5.78 Å². The van der Waals surface area contributed by atoms with Crippen LogP contribution in [0.4, 0.5) is 62.6 Å². The van der Waals surface area contributed by atoms with E-state index in [0.29, 0.717) is 45.0 Å². The summed E-state index contributed by atoms with van der Waals surface area (Å²) in [7, 11) is 1.60. The van der Waals surface area contributed by atoms with E-state index in [1.54, 1.807) is 25.2 Å². The molecule has 1 aliphatic rings. The van der Waals surface area contributed by atoms with Crippen molar-refractivity contribution in [2.75, 3.05) is 27.6 Å². The summed E-state index contributed by atoms with van der Waals surface area (Å²) in [5, 5.41) is 61.0. The fourth-order valence-electron chi connectivity index (χ4n) is 17.8. The molecule has 0 saturated carbocycles. The van der Waals surface area contributed by atoms with Crippen LogP contribution in [-0.2, 0) is 37.1 Å². The number of phenols is 2. The number of phenolic OH excluding ortho intramolecular Hbond substituents is 2. The lowest BCUT2D eigenvalue weighted by molar-refractivity contribution is 0.102. The second-order valence-corrected chi connectivity index (χ2v) is 32.2. The lowest BCUT2D eigenvalue weighted by atomic mass is 9.93. The van der Waals surface area contributed by atoms with E-state index in [1.807, 2.05) is 110 Å². The number of nitrogens with one attached hydrogen (secondary N) is 2. The Morgan fingerprint density at radius 3 is 1.24 bits per heavy atom. The van der Waals surface area contributed by atoms with Crippen LogP contribution in [0, 0.1) is 20.8 Å². The number of nitrogens with zero attached hydrogens (tertiary/aromatic N) is 6. The molecule has 0 atom stereocenters. The van der Waals surface area contributed by atoms with Gasteiger partial charge in [-0.25, -0.2) is 0 Å². The van der Waals surface area contributed by atoms with Crippen molar-refractivity contribution in [1.29, 1.82) is 0 Å². The van der Waals surface area contributed by atoms with Crippen molar-refractivity contribution < 1.29 is 24.6 Å². The Morgan fingerprint density at radius 1 is 0.355 bits per heavy atom. The fourth-order valence-corrected chi connectivity index (χ4v) is 17.8. The van der Waals surface area contributed by atoms with Gasteiger partial charge in [-0.05, 0) is 277 Å². The highest BCUT2D eigenvalue weighted by Gasteiger charge is 2.29. The first-order valence-electron chi connectivity index (χ1n) is 41.9. The topological polar surface area (TPSA) is 164 Å². The zero-order chi connectivity index (χ0) is 84.1. The molecule has 1 amide bonds. The van der Waals surface area contributed by atoms with Gasteiger partial charge in [0.05, 0.1) is 34.0 Å². The van der Waals surface area contributed by atoms with Gasteiger partial charge in [-0.2, -0.15) is 15.3 Å². The Kier molecular flexibility index (Phi) is 20.3. The van der Waals surface area contributed by atoms with Crippen molar-refractivity contribution in [1.82, 2.24) is 0 Å². The van der Waals surface area contributed by atoms with Gasteiger partial charge in [0.25, 0.3) is 5.91 Å². The number of rotatable bonds is 21. The zero-order valence-electron chi connectivity index (χ0n) is 68.8. The van der Waals surface area contributed by atoms with Gasteiger partial charge in [0.1, 0.15) is 23.8 Å². The van der Waals surface area contributed by atoms with Gasteiger partial charge >= 0.3 is 0 Å². The number of carbonyl (C=O) groups excluding carboxylic acids is 2. The highest BCUT2D eigenvalue weighted by atomic mass is 16.6. The molecule has 0 aromatic heterocycles. The second kappa shape index (κ2) is 32.8. The number of aromatic hydroxyl groups is 2. The number of aryl methyl sites for hydroxylation is 7. The molecule has 598 valence electrons. The monoisotopic (exact) mass is 1610 g/mol. The molecule has 21 rings (SSSR count). The highest BCUT2D eigenvalue weighted by Crippen LogP contribution is 2.49. The summed E-state index contributed by atoms with van der Waals surface area (Å²) in [6, 6.07) is 122. The average molecular weight is 1610 g/mol. The number of hydrogen-bond acceptors (Lipinski definition) is 12. The molecule has 0 fully saturated rings. The number of fused-ring (bicyclic) bond motifs is 5. The van der Waals surface area contributed by atoms with Crippen LogP contribution in [0.3, 0.4) is 0 Å². The van der Waals surface area contributed by atoms with Gasteiger partial charge in [-0.1, -0.05) is 242 Å². The molecule has 20 aromatic rings. The molecule has 0 aliphatic heterocycles. The third kappa shape index (κ3) is 14.8. The molecular weight excluding hydrogens is 1530 g/mol. The van der Waals surface area contributed by atoms with Crippen molar-refractivity contribution in [3.8, 4) is 22.6 Å². The summed E-state index contributed by atoms with van der Waals surface area (Å²) >= 11 is 0. The molecule has 0 unspecified atom stereocenters. The number of azo groups is 2. The molecule has 4 N–H and O–H groups in total. The summed E-state index contributed by atoms with van der Waals surface area (Å²) in [5.41, 5.74) is 24.4. The van der Waals surface area contributed by atoms with E-state index in [0.717, 1.165) is 98.2 Å². The van der Waals surface area contributed by atoms with Crippen molar-refractivity contribution >= 4 is 160 Å². The van der Waals surface area contributed by atoms with E-state index in [2.05, 4.69) is 285 Å². The van der Waals surface area contributed by atoms with Crippen molar-refractivity contribution in [2.24, 2.45) is 20.5 Å². The summed E-state index contributed by atoms with van der Waals surface area (Å²) < 4.78 is 0. The number of ketones is 1. The predicted molar refractivity (Wildman–Crippen MR) is 509 cm³/mol. The van der Waals surface area contributed by atoms with E-state index in [9.17, 15) is 19.8 Å². The molecule has 0 spiro atoms. The minimum atomic E-state index is -0.328. The fraction of sp³-hybridized carbons (Fsp3) is 0.0811. The number of hydrogen-bond donors (Lipinski definition) is 4. The summed E-state index contributed by atoms with van der Waals surface area (Å²) in [5.74, 6) is -0.446. The molecule has 0 bridgehead atoms. The first-order chi connectivity index (χ1) is 60.8. The molecular formula is C111H84N8O5. The Balaban J connectivity index is 0.000000164. The zero-order valence-corrected chi connectivity index (χ0v) is 68.8. The van der Waals surface area contributed by atoms with E-state index < -0.39 is 0 Å². The molecule has 1 aliphatic carbocycles. The van der Waals surface area contributed by atoms with Gasteiger partial charge in [0.2, 0.25) is 0 Å². The van der Waals surface area contributed by atoms with Gasteiger partial charge in [-0.3, -0.25) is 19.9 Å². The number of carbonyl (C=O) groups is 2. The highest BCUT2D eigenvalue weighted by molar-refractivity contribution is 6.28. The van der Waals surface area contributed by atoms with Crippen LogP contribution in [0.2, 0.25) is 0 Å². The van der Waals surface area contributed by atoms with Gasteiger partial charge in [-0.15, -0.1) is 5.11 Å². The third-order valence-electron chi connectivity index (χ3n) is 24.3. The van der Waals surface area contributed by atoms with E-state index in [1.165, 1.54) is 98.0 Å². The first kappa shape index (κ1) is 76.9. The number of amides is 1. The summed E-state index contributed by atoms with van der Waals surface area (Å²) in [4.78, 5) is 37.3. The number of anilines is 8. The molecule has 20 aromatic carbocycles. The summed E-state index contributed by atoms with van der Waals surface area (Å²) in [6.45, 7) is 6.16. The Bertz CT molecular complexity index is 7550. The van der Waals surface area contributed by atoms with Crippen molar-refractivity contribution in [3.63, 3.8) is 0 Å². The standard InChI is InChI=1S/C62H46N6O3.C49H38N2O2/c1-38-10-26-49(27-11-38)68(57-33-21-43-19-18-41-7-5-8-42-20-30-54(57)59(43)58(41)42)50-28-16-40(17-29-50)13-12-39-14-22-46(23-15-39)67-71-37-45-34-44-6-3-4-9-51(44)60(61(45)69)66-65-48-25-32-53-52-31-24-47(64-63-2)35-55(52)62(70)56(53)36-48;1-31-10-24-40(25-11-31)51(45-29-21-37-19-18-35-7-5-8-36-20-28-43(45)47(37)46(35)36)41-26-16-34(17-27-41)13-12-33-14-22-39(23-15-33)50-49(53)44-30-38-6-3-4-9-42(38)32(2)48(44)52/h3-11,14-36,67,69H,12-13,37H2,1-2H3;3-11,14-30,52H,12-13H2,1-2H3,(H,50,53). The molecule has 124 heavy (non-hydrogen) atoms. The maximum atomic E-state index is 13.4. The second-order valence-electron chi connectivity index (χ2n) is 32.2. The van der Waals surface area contributed by atoms with Gasteiger partial charge in [0, 0.05) is 68.3 Å². The lowest BCUT2D eigenvalue weighted by Crippen LogP contribution is -2.12. The maximum absolute atomic E-state index is 13.4. The van der Waals surface area contributed by atoms with Crippen LogP contribution in [0.1, 0.15) is 70.8 Å². The van der Waals surface area contributed by atoms with Crippen LogP contribution >= 0.6 is 0 Å². The molecule has 0 heterocycles. The van der Waals surface area contributed by atoms with Crippen molar-refractivity contribution in [3.05, 3.63) is 413 Å². The van der Waals surface area contributed by atoms with Crippen LogP contribution in [0.15, 0.2) is 372 Å². The quantitative estimate of drug-likeness (QED) is 0.0314. The van der Waals surface area contributed by atoms with E-state index >= 15 is 0 Å². The van der Waals surface area contributed by atoms with E-state index in [-0.39, 0.29) is 35.4 Å². The lowest BCUT2D eigenvalue weighted by Gasteiger charge is -2.28. The Hall–Kier alpha value is -15.7. The average Bonchev–Trinajstić information content (AvgIpc) is 0.908. The molecule has 13 nitrogen and oxygen atoms in total. The normalized spacial score (nSPS) is 12.0. The van der Waals surface area contributed by atoms with E-state index in [4.69, 9.17) is 4.84 Å². The summed E-state index contributed by atoms with van der Waals surface area (Å²) in [6.07, 6.45) is 3.52. The minimum absolute atomic E-state index is 0.0155. The smallest absolute Gasteiger partial charge is 0.259 e. The van der Waals surface area contributed by atoms with Crippen LogP contribution < -0.4 is 20.6 Å². The Labute approximate surface area is 717 Å². The maximum Gasteiger partial charge on any atom is 0.259 e. The molecule has 13 heteroatoms. The predicted octanol–water partition coefficient (Wildman–Crippen LogP) is 29.5. The third-order valence-corrected chi connectivity index (χ3v) is 24.3. The Morgan fingerprint density at radius 2 is 0.758 bits per heavy atom. The van der Waals surface area contributed by atoms with Crippen molar-refractivity contribution in [2.45, 2.75) is 53.1 Å². The first-order valence-corrected chi connectivity index (χ1v) is 41.9. The SMILES string of the molecule is CN=Nc1ccc2c(c1)C(=O)c1cc(N=Nc3c(O)c(CONc4ccc(CCc5ccc(N(c6ccc(C)cc6)c6ccc7ccc8cccc9ccc6c7c89)cc5)cc4)cc4ccccc34)ccc1-2.Cc1ccc(N(c2ccc(CCc3ccc(NC(=O)c4cc5ccccc5c(C)c4O)cc3)cc2)c2ccc3ccc4cccc5ccc2c3c45)cc1. The molecule has 0 saturated heterocycles. The van der Waals surface area contributed by atoms with Crippen LogP contribution in [-0.4, -0.2) is 29.0 Å². The van der Waals surface area contributed by atoms with Gasteiger partial charge < -0.3 is 25.3 Å². The molecule has 0 radical (unpaired) electrons. The minimum Gasteiger partial charge on any atom is -0.507 e.